The number of carboxylic acids is 1. The minimum Gasteiger partial charge on any atom is -0.479 e. The Morgan fingerprint density at radius 2 is 2.00 bits per heavy atom. The molecule has 1 aromatic heterocycles. The van der Waals surface area contributed by atoms with Crippen molar-refractivity contribution < 1.29 is 19.8 Å². The van der Waals surface area contributed by atoms with E-state index in [2.05, 4.69) is 10.3 Å². The summed E-state index contributed by atoms with van der Waals surface area (Å²) < 4.78 is 0. The lowest BCUT2D eigenvalue weighted by molar-refractivity contribution is -0.155. The largest absolute Gasteiger partial charge is 0.479 e. The van der Waals surface area contributed by atoms with Gasteiger partial charge >= 0.3 is 5.97 Å². The van der Waals surface area contributed by atoms with Crippen molar-refractivity contribution in [3.05, 3.63) is 52.0 Å². The fraction of sp³-hybridized carbons (Fsp3) is 0.267. The maximum Gasteiger partial charge on any atom is 0.337 e. The molecule has 0 radical (unpaired) electrons. The van der Waals surface area contributed by atoms with E-state index in [9.17, 15) is 14.7 Å². The second-order valence-electron chi connectivity index (χ2n) is 5.05. The predicted octanol–water partition coefficient (Wildman–Crippen LogP) is 1.30. The molecule has 116 valence electrons. The molecule has 22 heavy (non-hydrogen) atoms. The molecule has 1 unspecified atom stereocenters. The molecule has 1 aromatic carbocycles. The molecule has 0 aliphatic rings. The highest BCUT2D eigenvalue weighted by atomic mass is 32.1. The number of rotatable bonds is 6. The molecule has 0 spiro atoms. The van der Waals surface area contributed by atoms with Gasteiger partial charge in [-0.3, -0.25) is 4.79 Å². The van der Waals surface area contributed by atoms with E-state index in [1.165, 1.54) is 11.3 Å². The van der Waals surface area contributed by atoms with Gasteiger partial charge in [-0.2, -0.15) is 0 Å². The first kappa shape index (κ1) is 16.1. The number of carboxylic acid groups (broad SMARTS) is 1. The van der Waals surface area contributed by atoms with Crippen LogP contribution in [0.3, 0.4) is 0 Å². The number of hydrogen-bond acceptors (Lipinski definition) is 5. The summed E-state index contributed by atoms with van der Waals surface area (Å²) in [7, 11) is 0. The number of aromatic nitrogens is 1. The molecule has 2 rings (SSSR count). The molecule has 3 N–H and O–H groups in total. The van der Waals surface area contributed by atoms with E-state index in [4.69, 9.17) is 5.11 Å². The van der Waals surface area contributed by atoms with Gasteiger partial charge in [0.1, 0.15) is 5.69 Å². The van der Waals surface area contributed by atoms with Gasteiger partial charge in [0.2, 0.25) is 0 Å². The first-order chi connectivity index (χ1) is 10.4. The Morgan fingerprint density at radius 3 is 2.64 bits per heavy atom. The molecule has 0 bridgehead atoms. The van der Waals surface area contributed by atoms with E-state index >= 15 is 0 Å². The van der Waals surface area contributed by atoms with E-state index in [1.54, 1.807) is 5.38 Å². The second-order valence-corrected chi connectivity index (χ2v) is 5.99. The Hall–Kier alpha value is -2.25. The van der Waals surface area contributed by atoms with Crippen LogP contribution in [0, 0.1) is 0 Å². The fourth-order valence-corrected chi connectivity index (χ4v) is 2.49. The van der Waals surface area contributed by atoms with Gasteiger partial charge in [0.15, 0.2) is 5.60 Å². The standard InChI is InChI=1S/C15H16N2O4S/c1-15(21,14(19)20)9-16-13(18)11-8-22-12(17-11)7-10-5-3-2-4-6-10/h2-6,8,21H,7,9H2,1H3,(H,16,18)(H,19,20). The quantitative estimate of drug-likeness (QED) is 0.745. The summed E-state index contributed by atoms with van der Waals surface area (Å²) in [5.41, 5.74) is -0.687. The number of nitrogens with one attached hydrogen (secondary N) is 1. The molecular formula is C15H16N2O4S. The topological polar surface area (TPSA) is 99.5 Å². The highest BCUT2D eigenvalue weighted by Gasteiger charge is 2.30. The lowest BCUT2D eigenvalue weighted by atomic mass is 10.1. The van der Waals surface area contributed by atoms with Crippen LogP contribution in [0.2, 0.25) is 0 Å². The van der Waals surface area contributed by atoms with Crippen LogP contribution < -0.4 is 5.32 Å². The molecule has 0 saturated carbocycles. The van der Waals surface area contributed by atoms with Crippen LogP contribution in [0.4, 0.5) is 0 Å². The van der Waals surface area contributed by atoms with Crippen LogP contribution >= 0.6 is 11.3 Å². The number of carbonyl (C=O) groups is 2. The normalized spacial score (nSPS) is 13.4. The molecular weight excluding hydrogens is 304 g/mol. The van der Waals surface area contributed by atoms with Crippen LogP contribution in [0.1, 0.15) is 28.0 Å². The van der Waals surface area contributed by atoms with Gasteiger partial charge in [0.05, 0.1) is 11.6 Å². The number of nitrogens with zero attached hydrogens (tertiary/aromatic N) is 1. The smallest absolute Gasteiger partial charge is 0.337 e. The maximum absolute atomic E-state index is 11.9. The first-order valence-corrected chi connectivity index (χ1v) is 7.49. The lowest BCUT2D eigenvalue weighted by Crippen LogP contribution is -2.46. The van der Waals surface area contributed by atoms with Crippen molar-refractivity contribution in [3.63, 3.8) is 0 Å². The first-order valence-electron chi connectivity index (χ1n) is 6.61. The zero-order valence-electron chi connectivity index (χ0n) is 11.9. The SMILES string of the molecule is CC(O)(CNC(=O)c1csc(Cc2ccccc2)n1)C(=O)O. The summed E-state index contributed by atoms with van der Waals surface area (Å²) in [5.74, 6) is -1.90. The van der Waals surface area contributed by atoms with Crippen molar-refractivity contribution in [1.29, 1.82) is 0 Å². The number of amides is 1. The van der Waals surface area contributed by atoms with Gasteiger partial charge in [0, 0.05) is 11.8 Å². The van der Waals surface area contributed by atoms with Gasteiger partial charge in [-0.25, -0.2) is 9.78 Å². The van der Waals surface area contributed by atoms with Crippen molar-refractivity contribution in [2.45, 2.75) is 18.9 Å². The molecule has 6 nitrogen and oxygen atoms in total. The van der Waals surface area contributed by atoms with Crippen LogP contribution in [-0.4, -0.2) is 39.2 Å². The Kier molecular flexibility index (Phi) is 4.89. The van der Waals surface area contributed by atoms with E-state index in [1.807, 2.05) is 30.3 Å². The number of thiazole rings is 1. The molecule has 1 heterocycles. The zero-order chi connectivity index (χ0) is 16.2. The summed E-state index contributed by atoms with van der Waals surface area (Å²) in [5, 5.41) is 23.1. The minimum atomic E-state index is -2.00. The summed E-state index contributed by atoms with van der Waals surface area (Å²) >= 11 is 1.36. The average molecular weight is 320 g/mol. The second kappa shape index (κ2) is 6.67. The molecule has 7 heteroatoms. The third-order valence-corrected chi connectivity index (χ3v) is 3.89. The highest BCUT2D eigenvalue weighted by molar-refractivity contribution is 7.09. The monoisotopic (exact) mass is 320 g/mol. The molecule has 1 atom stereocenters. The number of carbonyl (C=O) groups excluding carboxylic acids is 1. The van der Waals surface area contributed by atoms with Gasteiger partial charge in [-0.1, -0.05) is 30.3 Å². The molecule has 0 aliphatic heterocycles. The molecule has 0 aliphatic carbocycles. The van der Waals surface area contributed by atoms with Crippen molar-refractivity contribution in [2.24, 2.45) is 0 Å². The number of aliphatic hydroxyl groups is 1. The Balaban J connectivity index is 1.96. The predicted molar refractivity (Wildman–Crippen MR) is 82.0 cm³/mol. The highest BCUT2D eigenvalue weighted by Crippen LogP contribution is 2.15. The minimum absolute atomic E-state index is 0.220. The Bertz CT molecular complexity index is 667. The van der Waals surface area contributed by atoms with E-state index in [-0.39, 0.29) is 12.2 Å². The van der Waals surface area contributed by atoms with Crippen molar-refractivity contribution in [2.75, 3.05) is 6.54 Å². The molecule has 2 aromatic rings. The third-order valence-electron chi connectivity index (χ3n) is 3.04. The summed E-state index contributed by atoms with van der Waals surface area (Å²) in [6.07, 6.45) is 0.631. The van der Waals surface area contributed by atoms with Crippen LogP contribution in [0.15, 0.2) is 35.7 Å². The lowest BCUT2D eigenvalue weighted by Gasteiger charge is -2.17. The van der Waals surface area contributed by atoms with Crippen molar-refractivity contribution >= 4 is 23.2 Å². The third kappa shape index (κ3) is 4.12. The van der Waals surface area contributed by atoms with Gasteiger partial charge in [0.25, 0.3) is 5.91 Å². The van der Waals surface area contributed by atoms with Gasteiger partial charge in [-0.15, -0.1) is 11.3 Å². The van der Waals surface area contributed by atoms with Crippen LogP contribution in [0.25, 0.3) is 0 Å². The van der Waals surface area contributed by atoms with E-state index < -0.39 is 17.5 Å². The van der Waals surface area contributed by atoms with Crippen molar-refractivity contribution in [1.82, 2.24) is 10.3 Å². The average Bonchev–Trinajstić information content (AvgIpc) is 2.94. The van der Waals surface area contributed by atoms with Crippen LogP contribution in [-0.2, 0) is 11.2 Å². The van der Waals surface area contributed by atoms with E-state index in [0.29, 0.717) is 6.42 Å². The molecule has 1 amide bonds. The summed E-state index contributed by atoms with van der Waals surface area (Å²) in [6, 6.07) is 9.75. The van der Waals surface area contributed by atoms with Crippen LogP contribution in [0.5, 0.6) is 0 Å². The number of aliphatic carboxylic acids is 1. The zero-order valence-corrected chi connectivity index (χ0v) is 12.8. The number of benzene rings is 1. The van der Waals surface area contributed by atoms with E-state index in [0.717, 1.165) is 17.5 Å². The molecule has 0 saturated heterocycles. The Morgan fingerprint density at radius 1 is 1.32 bits per heavy atom. The van der Waals surface area contributed by atoms with Crippen molar-refractivity contribution in [3.8, 4) is 0 Å². The molecule has 0 fully saturated rings. The maximum atomic E-state index is 11.9. The summed E-state index contributed by atoms with van der Waals surface area (Å²) in [6.45, 7) is 0.740. The summed E-state index contributed by atoms with van der Waals surface area (Å²) in [4.78, 5) is 26.9. The van der Waals surface area contributed by atoms with Gasteiger partial charge in [-0.05, 0) is 12.5 Å². The fourth-order valence-electron chi connectivity index (χ4n) is 1.69. The van der Waals surface area contributed by atoms with Gasteiger partial charge < -0.3 is 15.5 Å². The Labute approximate surface area is 131 Å². The number of hydrogen-bond donors (Lipinski definition) is 3.